The Morgan fingerprint density at radius 2 is 1.75 bits per heavy atom. The standard InChI is InChI=1S/C31H32F3N3O3/c1-39-29-5-3-2-4-28(29)24-9-13-27(35-19-24)12-6-22-18-25(23-7-10-26(11-8-23)31(32,33)34)21-37(20-22)30(38)36-14-16-40-17-15-36/h2-13,19,22,25H,14-18,20-21H2,1H3. The van der Waals surface area contributed by atoms with Gasteiger partial charge in [-0.1, -0.05) is 42.5 Å². The maximum Gasteiger partial charge on any atom is 0.416 e. The van der Waals surface area contributed by atoms with Crippen molar-refractivity contribution in [1.82, 2.24) is 14.8 Å². The van der Waals surface area contributed by atoms with Crippen molar-refractivity contribution in [3.8, 4) is 16.9 Å². The van der Waals surface area contributed by atoms with Crippen LogP contribution in [0.2, 0.25) is 0 Å². The summed E-state index contributed by atoms with van der Waals surface area (Å²) >= 11 is 0. The van der Waals surface area contributed by atoms with Crippen LogP contribution in [-0.4, -0.2) is 67.3 Å². The summed E-state index contributed by atoms with van der Waals surface area (Å²) in [6, 6.07) is 16.9. The summed E-state index contributed by atoms with van der Waals surface area (Å²) in [7, 11) is 1.64. The van der Waals surface area contributed by atoms with Gasteiger partial charge in [0.05, 0.1) is 31.6 Å². The number of alkyl halides is 3. The molecule has 2 aliphatic heterocycles. The number of nitrogens with zero attached hydrogens (tertiary/aromatic N) is 3. The number of rotatable bonds is 5. The minimum Gasteiger partial charge on any atom is -0.496 e. The highest BCUT2D eigenvalue weighted by Gasteiger charge is 2.34. The van der Waals surface area contributed by atoms with Crippen molar-refractivity contribution in [3.63, 3.8) is 0 Å². The minimum absolute atomic E-state index is 0.0155. The highest BCUT2D eigenvalue weighted by atomic mass is 19.4. The van der Waals surface area contributed by atoms with Gasteiger partial charge in [0.25, 0.3) is 0 Å². The second kappa shape index (κ2) is 12.1. The number of benzene rings is 2. The molecule has 0 spiro atoms. The molecule has 0 saturated carbocycles. The minimum atomic E-state index is -4.39. The number of likely N-dealkylation sites (tertiary alicyclic amines) is 1. The number of hydrogen-bond acceptors (Lipinski definition) is 4. The van der Waals surface area contributed by atoms with Crippen LogP contribution in [-0.2, 0) is 10.9 Å². The number of methoxy groups -OCH3 is 1. The van der Waals surface area contributed by atoms with Gasteiger partial charge in [-0.05, 0) is 48.2 Å². The molecule has 0 N–H and O–H groups in total. The van der Waals surface area contributed by atoms with Crippen LogP contribution in [0.15, 0.2) is 72.9 Å². The highest BCUT2D eigenvalue weighted by Crippen LogP contribution is 2.35. The van der Waals surface area contributed by atoms with Crippen LogP contribution in [0.25, 0.3) is 17.2 Å². The van der Waals surface area contributed by atoms with Crippen molar-refractivity contribution in [2.75, 3.05) is 46.5 Å². The van der Waals surface area contributed by atoms with E-state index >= 15 is 0 Å². The van der Waals surface area contributed by atoms with E-state index in [-0.39, 0.29) is 17.9 Å². The number of ether oxygens (including phenoxy) is 2. The number of morpholine rings is 1. The van der Waals surface area contributed by atoms with Crippen molar-refractivity contribution in [3.05, 3.63) is 89.8 Å². The van der Waals surface area contributed by atoms with Crippen LogP contribution in [0.1, 0.15) is 29.2 Å². The fraction of sp³-hybridized carbons (Fsp3) is 0.355. The van der Waals surface area contributed by atoms with Crippen molar-refractivity contribution in [2.45, 2.75) is 18.5 Å². The summed E-state index contributed by atoms with van der Waals surface area (Å²) < 4.78 is 50.2. The van der Waals surface area contributed by atoms with E-state index in [1.165, 1.54) is 12.1 Å². The number of urea groups is 1. The SMILES string of the molecule is COc1ccccc1-c1ccc(C=CC2CC(c3ccc(C(F)(F)F)cc3)CN(C(=O)N3CCOCC3)C2)nc1. The average molecular weight is 552 g/mol. The van der Waals surface area contributed by atoms with Gasteiger partial charge in [0.1, 0.15) is 5.75 Å². The Labute approximate surface area is 232 Å². The zero-order chi connectivity index (χ0) is 28.1. The first-order valence-corrected chi connectivity index (χ1v) is 13.4. The molecule has 2 atom stereocenters. The maximum absolute atomic E-state index is 13.4. The number of amides is 2. The van der Waals surface area contributed by atoms with E-state index in [2.05, 4.69) is 11.1 Å². The molecule has 2 unspecified atom stereocenters. The number of halogens is 3. The molecule has 210 valence electrons. The van der Waals surface area contributed by atoms with E-state index in [4.69, 9.17) is 9.47 Å². The molecular weight excluding hydrogens is 519 g/mol. The second-order valence-corrected chi connectivity index (χ2v) is 10.1. The van der Waals surface area contributed by atoms with Gasteiger partial charge in [0.15, 0.2) is 0 Å². The van der Waals surface area contributed by atoms with Crippen LogP contribution < -0.4 is 4.74 Å². The molecule has 2 aromatic carbocycles. The lowest BCUT2D eigenvalue weighted by molar-refractivity contribution is -0.137. The summed E-state index contributed by atoms with van der Waals surface area (Å²) in [4.78, 5) is 21.6. The molecule has 6 nitrogen and oxygen atoms in total. The van der Waals surface area contributed by atoms with E-state index < -0.39 is 11.7 Å². The van der Waals surface area contributed by atoms with Gasteiger partial charge < -0.3 is 19.3 Å². The summed E-state index contributed by atoms with van der Waals surface area (Å²) in [5, 5.41) is 0. The van der Waals surface area contributed by atoms with Gasteiger partial charge in [-0.2, -0.15) is 13.2 Å². The zero-order valence-electron chi connectivity index (χ0n) is 22.3. The predicted molar refractivity (Wildman–Crippen MR) is 147 cm³/mol. The average Bonchev–Trinajstić information content (AvgIpc) is 3.00. The number of aromatic nitrogens is 1. The molecule has 9 heteroatoms. The van der Waals surface area contributed by atoms with Crippen LogP contribution in [0, 0.1) is 5.92 Å². The lowest BCUT2D eigenvalue weighted by atomic mass is 9.84. The third-order valence-electron chi connectivity index (χ3n) is 7.49. The smallest absolute Gasteiger partial charge is 0.416 e. The third-order valence-corrected chi connectivity index (χ3v) is 7.49. The first-order chi connectivity index (χ1) is 19.3. The van der Waals surface area contributed by atoms with Crippen molar-refractivity contribution < 1.29 is 27.4 Å². The summed E-state index contributed by atoms with van der Waals surface area (Å²) in [6.45, 7) is 3.05. The molecule has 0 aliphatic carbocycles. The topological polar surface area (TPSA) is 54.9 Å². The molecule has 0 bridgehead atoms. The normalized spacial score (nSPS) is 20.1. The van der Waals surface area contributed by atoms with Crippen molar-refractivity contribution in [1.29, 1.82) is 0 Å². The number of piperidine rings is 1. The predicted octanol–water partition coefficient (Wildman–Crippen LogP) is 6.35. The van der Waals surface area contributed by atoms with E-state index in [0.717, 1.165) is 40.3 Å². The van der Waals surface area contributed by atoms with Gasteiger partial charge in [0, 0.05) is 49.4 Å². The van der Waals surface area contributed by atoms with Crippen LogP contribution in [0.5, 0.6) is 5.75 Å². The Morgan fingerprint density at radius 1 is 1.00 bits per heavy atom. The maximum atomic E-state index is 13.4. The zero-order valence-corrected chi connectivity index (χ0v) is 22.3. The lowest BCUT2D eigenvalue weighted by Crippen LogP contribution is -2.52. The van der Waals surface area contributed by atoms with Gasteiger partial charge in [-0.25, -0.2) is 4.79 Å². The highest BCUT2D eigenvalue weighted by molar-refractivity contribution is 5.75. The molecule has 1 aromatic heterocycles. The summed E-state index contributed by atoms with van der Waals surface area (Å²) in [5.41, 5.74) is 2.80. The van der Waals surface area contributed by atoms with Gasteiger partial charge in [0.2, 0.25) is 0 Å². The molecule has 3 aromatic rings. The summed E-state index contributed by atoms with van der Waals surface area (Å²) in [6.07, 6.45) is 2.14. The van der Waals surface area contributed by atoms with Gasteiger partial charge in [-0.3, -0.25) is 4.98 Å². The molecule has 2 aliphatic rings. The molecule has 3 heterocycles. The van der Waals surface area contributed by atoms with Gasteiger partial charge >= 0.3 is 12.2 Å². The van der Waals surface area contributed by atoms with E-state index in [9.17, 15) is 18.0 Å². The first kappa shape index (κ1) is 27.7. The number of carbonyl (C=O) groups is 1. The summed E-state index contributed by atoms with van der Waals surface area (Å²) in [5.74, 6) is 0.701. The molecular formula is C31H32F3N3O3. The molecule has 2 amide bonds. The van der Waals surface area contributed by atoms with Crippen molar-refractivity contribution >= 4 is 12.1 Å². The van der Waals surface area contributed by atoms with E-state index in [1.807, 2.05) is 47.4 Å². The Kier molecular flexibility index (Phi) is 8.40. The second-order valence-electron chi connectivity index (χ2n) is 10.1. The number of pyridine rings is 1. The van der Waals surface area contributed by atoms with Crippen molar-refractivity contribution in [2.24, 2.45) is 5.92 Å². The van der Waals surface area contributed by atoms with Gasteiger partial charge in [-0.15, -0.1) is 0 Å². The fourth-order valence-corrected chi connectivity index (χ4v) is 5.36. The Balaban J connectivity index is 1.34. The Morgan fingerprint density at radius 3 is 2.42 bits per heavy atom. The van der Waals surface area contributed by atoms with Crippen LogP contribution >= 0.6 is 0 Å². The molecule has 2 fully saturated rings. The fourth-order valence-electron chi connectivity index (χ4n) is 5.36. The molecule has 0 radical (unpaired) electrons. The monoisotopic (exact) mass is 551 g/mol. The first-order valence-electron chi connectivity index (χ1n) is 13.4. The molecule has 40 heavy (non-hydrogen) atoms. The Bertz CT molecular complexity index is 1320. The largest absolute Gasteiger partial charge is 0.496 e. The number of hydrogen-bond donors (Lipinski definition) is 0. The molecule has 2 saturated heterocycles. The quantitative estimate of drug-likeness (QED) is 0.371. The van der Waals surface area contributed by atoms with Crippen LogP contribution in [0.3, 0.4) is 0 Å². The third kappa shape index (κ3) is 6.47. The Hall–Kier alpha value is -3.85. The van der Waals surface area contributed by atoms with E-state index in [1.54, 1.807) is 18.2 Å². The lowest BCUT2D eigenvalue weighted by Gasteiger charge is -2.40. The number of carbonyl (C=O) groups excluding carboxylic acids is 1. The van der Waals surface area contributed by atoms with E-state index in [0.29, 0.717) is 45.8 Å². The molecule has 5 rings (SSSR count). The van der Waals surface area contributed by atoms with Crippen LogP contribution in [0.4, 0.5) is 18.0 Å². The number of para-hydroxylation sites is 1.